The second kappa shape index (κ2) is 4.18. The second-order valence-electron chi connectivity index (χ2n) is 2.55. The Bertz CT molecular complexity index is 324. The van der Waals surface area contributed by atoms with E-state index in [1.807, 2.05) is 30.3 Å². The first kappa shape index (κ1) is 9.92. The molecule has 1 aliphatic heterocycles. The average molecular weight is 242 g/mol. The second-order valence-corrected chi connectivity index (χ2v) is 2.55. The van der Waals surface area contributed by atoms with E-state index in [4.69, 9.17) is 4.74 Å². The lowest BCUT2D eigenvalue weighted by molar-refractivity contribution is -0.368. The van der Waals surface area contributed by atoms with Gasteiger partial charge in [-0.1, -0.05) is 30.3 Å². The number of carbonyl (C=O) groups excluding carboxylic acids is 1. The normalized spacial score (nSPS) is 19.4. The molecular formula is C9H8BrNO2. The van der Waals surface area contributed by atoms with Gasteiger partial charge in [0.05, 0.1) is 0 Å². The smallest absolute Gasteiger partial charge is 0.433 e. The summed E-state index contributed by atoms with van der Waals surface area (Å²) in [5.74, 6) is -0.110. The summed E-state index contributed by atoms with van der Waals surface area (Å²) in [6.07, 6.45) is 0.853. The highest BCUT2D eigenvalue weighted by molar-refractivity contribution is 5.79. The molecule has 1 aliphatic rings. The lowest BCUT2D eigenvalue weighted by atomic mass is 10.1. The number of carbonyl (C=O) groups is 1. The molecule has 1 atom stereocenters. The Morgan fingerprint density at radius 3 is 2.46 bits per heavy atom. The molecule has 2 rings (SSSR count). The Balaban J connectivity index is 0.000000845. The first-order valence-corrected chi connectivity index (χ1v) is 3.70. The molecule has 0 radical (unpaired) electrons. The van der Waals surface area contributed by atoms with E-state index in [0.717, 1.165) is 5.56 Å². The molecule has 1 amide bonds. The number of nitrogens with one attached hydrogen (secondary N) is 1. The van der Waals surface area contributed by atoms with E-state index in [1.165, 1.54) is 6.40 Å². The quantitative estimate of drug-likeness (QED) is 0.552. The molecule has 0 saturated carbocycles. The highest BCUT2D eigenvalue weighted by Gasteiger charge is 2.30. The first-order valence-electron chi connectivity index (χ1n) is 3.70. The third-order valence-corrected chi connectivity index (χ3v) is 1.75. The largest absolute Gasteiger partial charge is 1.00 e. The molecule has 13 heavy (non-hydrogen) atoms. The lowest BCUT2D eigenvalue weighted by Crippen LogP contribution is -3.00. The van der Waals surface area contributed by atoms with Crippen LogP contribution in [-0.4, -0.2) is 12.3 Å². The van der Waals surface area contributed by atoms with E-state index in [2.05, 4.69) is 4.99 Å². The summed E-state index contributed by atoms with van der Waals surface area (Å²) in [4.78, 5) is 13.6. The van der Waals surface area contributed by atoms with Crippen molar-refractivity contribution in [3.63, 3.8) is 0 Å². The monoisotopic (exact) mass is 241 g/mol. The van der Waals surface area contributed by atoms with Gasteiger partial charge in [-0.2, -0.15) is 0 Å². The fourth-order valence-electron chi connectivity index (χ4n) is 1.16. The van der Waals surface area contributed by atoms with Crippen molar-refractivity contribution in [3.8, 4) is 0 Å². The molecule has 0 aliphatic carbocycles. The molecular weight excluding hydrogens is 234 g/mol. The Hall–Kier alpha value is -1.16. The average Bonchev–Trinajstić information content (AvgIpc) is 2.53. The molecule has 1 unspecified atom stereocenters. The van der Waals surface area contributed by atoms with Crippen LogP contribution in [0.2, 0.25) is 0 Å². The van der Waals surface area contributed by atoms with Crippen LogP contribution in [0.1, 0.15) is 11.7 Å². The van der Waals surface area contributed by atoms with Gasteiger partial charge in [-0.05, 0) is 0 Å². The maximum Gasteiger partial charge on any atom is 0.433 e. The van der Waals surface area contributed by atoms with E-state index in [0.29, 0.717) is 0 Å². The molecule has 4 heteroatoms. The van der Waals surface area contributed by atoms with Gasteiger partial charge in [0.25, 0.3) is 6.10 Å². The number of hydrogen-bond donors (Lipinski definition) is 1. The fourth-order valence-corrected chi connectivity index (χ4v) is 1.16. The van der Waals surface area contributed by atoms with E-state index < -0.39 is 6.10 Å². The van der Waals surface area contributed by atoms with Crippen molar-refractivity contribution in [3.05, 3.63) is 35.9 Å². The summed E-state index contributed by atoms with van der Waals surface area (Å²) in [7, 11) is 0. The molecule has 0 aromatic heterocycles. The van der Waals surface area contributed by atoms with Gasteiger partial charge in [-0.3, -0.25) is 0 Å². The maximum atomic E-state index is 11.1. The summed E-state index contributed by atoms with van der Waals surface area (Å²) in [5, 5.41) is 0. The van der Waals surface area contributed by atoms with Crippen LogP contribution in [0.4, 0.5) is 0 Å². The van der Waals surface area contributed by atoms with Gasteiger partial charge in [0.1, 0.15) is 0 Å². The lowest BCUT2D eigenvalue weighted by Gasteiger charge is -2.01. The Labute approximate surface area is 86.2 Å². The summed E-state index contributed by atoms with van der Waals surface area (Å²) >= 11 is 0. The van der Waals surface area contributed by atoms with Crippen molar-refractivity contribution in [2.45, 2.75) is 6.10 Å². The first-order chi connectivity index (χ1) is 5.88. The zero-order valence-electron chi connectivity index (χ0n) is 6.74. The standard InChI is InChI=1S/C9H7NO2.BrH/c11-9-8(12-6-10-9)7-4-2-1-3-5-7;/h1-6,8H;1H. The molecule has 0 saturated heterocycles. The number of halogens is 1. The Morgan fingerprint density at radius 2 is 1.92 bits per heavy atom. The third kappa shape index (κ3) is 1.95. The third-order valence-electron chi connectivity index (χ3n) is 1.75. The molecule has 3 nitrogen and oxygen atoms in total. The zero-order valence-corrected chi connectivity index (χ0v) is 8.32. The number of ether oxygens (including phenoxy) is 1. The predicted octanol–water partition coefficient (Wildman–Crippen LogP) is -3.60. The van der Waals surface area contributed by atoms with Crippen molar-refractivity contribution >= 4 is 12.3 Å². The molecule has 0 bridgehead atoms. The van der Waals surface area contributed by atoms with Crippen molar-refractivity contribution in [1.82, 2.24) is 0 Å². The minimum atomic E-state index is -0.466. The fraction of sp³-hybridized carbons (Fsp3) is 0.111. The number of hydrogen-bond acceptors (Lipinski definition) is 2. The van der Waals surface area contributed by atoms with E-state index in [1.54, 1.807) is 0 Å². The topological polar surface area (TPSA) is 40.3 Å². The summed E-state index contributed by atoms with van der Waals surface area (Å²) < 4.78 is 5.07. The Morgan fingerprint density at radius 1 is 1.23 bits per heavy atom. The molecule has 1 aromatic rings. The van der Waals surface area contributed by atoms with Gasteiger partial charge in [0.2, 0.25) is 0 Å². The van der Waals surface area contributed by atoms with Gasteiger partial charge in [-0.15, -0.1) is 4.99 Å². The van der Waals surface area contributed by atoms with Crippen LogP contribution in [0.15, 0.2) is 30.3 Å². The van der Waals surface area contributed by atoms with Crippen molar-refractivity contribution in [1.29, 1.82) is 0 Å². The van der Waals surface area contributed by atoms with E-state index in [-0.39, 0.29) is 22.9 Å². The minimum absolute atomic E-state index is 0. The summed E-state index contributed by atoms with van der Waals surface area (Å²) in [6.45, 7) is 0. The SMILES string of the molecule is O=C1[NH+]=COC1c1ccccc1.[Br-]. The molecule has 1 heterocycles. The molecule has 1 N–H and O–H groups in total. The van der Waals surface area contributed by atoms with Crippen molar-refractivity contribution in [2.75, 3.05) is 0 Å². The maximum absolute atomic E-state index is 11.1. The molecule has 1 aromatic carbocycles. The van der Waals surface area contributed by atoms with Crippen molar-refractivity contribution in [2.24, 2.45) is 0 Å². The minimum Gasteiger partial charge on any atom is -1.00 e. The highest BCUT2D eigenvalue weighted by atomic mass is 79.9. The van der Waals surface area contributed by atoms with Gasteiger partial charge < -0.3 is 21.7 Å². The van der Waals surface area contributed by atoms with Crippen LogP contribution >= 0.6 is 0 Å². The number of benzene rings is 1. The number of rotatable bonds is 1. The van der Waals surface area contributed by atoms with Crippen LogP contribution in [0, 0.1) is 0 Å². The molecule has 0 fully saturated rings. The molecule has 0 spiro atoms. The predicted molar refractivity (Wildman–Crippen MR) is 42.3 cm³/mol. The van der Waals surface area contributed by atoms with Crippen LogP contribution in [0.3, 0.4) is 0 Å². The highest BCUT2D eigenvalue weighted by Crippen LogP contribution is 2.15. The van der Waals surface area contributed by atoms with Crippen LogP contribution in [-0.2, 0) is 9.53 Å². The molecule has 68 valence electrons. The number of amides is 1. The van der Waals surface area contributed by atoms with Crippen LogP contribution < -0.4 is 22.0 Å². The van der Waals surface area contributed by atoms with Gasteiger partial charge in [0.15, 0.2) is 0 Å². The summed E-state index contributed by atoms with van der Waals surface area (Å²) in [5.41, 5.74) is 0.878. The summed E-state index contributed by atoms with van der Waals surface area (Å²) in [6, 6.07) is 9.39. The van der Waals surface area contributed by atoms with E-state index in [9.17, 15) is 4.79 Å². The van der Waals surface area contributed by atoms with Gasteiger partial charge in [-0.25, -0.2) is 4.79 Å². The van der Waals surface area contributed by atoms with Crippen LogP contribution in [0.5, 0.6) is 0 Å². The van der Waals surface area contributed by atoms with Gasteiger partial charge >= 0.3 is 12.3 Å². The van der Waals surface area contributed by atoms with Gasteiger partial charge in [0, 0.05) is 5.56 Å². The van der Waals surface area contributed by atoms with Crippen LogP contribution in [0.25, 0.3) is 0 Å². The zero-order chi connectivity index (χ0) is 8.39. The van der Waals surface area contributed by atoms with Crippen molar-refractivity contribution < 1.29 is 31.5 Å². The van der Waals surface area contributed by atoms with E-state index >= 15 is 0 Å². The Kier molecular flexibility index (Phi) is 3.19.